The van der Waals surface area contributed by atoms with Crippen molar-refractivity contribution in [1.29, 1.82) is 0 Å². The maximum absolute atomic E-state index is 12.3. The van der Waals surface area contributed by atoms with E-state index in [2.05, 4.69) is 4.98 Å². The molecule has 0 fully saturated rings. The highest BCUT2D eigenvalue weighted by Gasteiger charge is 2.25. The molecule has 0 unspecified atom stereocenters. The molecule has 1 aliphatic rings. The molecule has 18 heavy (non-hydrogen) atoms. The molecular weight excluding hydrogens is 230 g/mol. The first-order chi connectivity index (χ1) is 8.72. The van der Waals surface area contributed by atoms with Crippen molar-refractivity contribution in [3.8, 4) is 11.7 Å². The Balaban J connectivity index is 2.32. The molecule has 2 heterocycles. The molecule has 3 rings (SSSR count). The number of fused-ring (bicyclic) bond motifs is 3. The van der Waals surface area contributed by atoms with Crippen LogP contribution in [0.25, 0.3) is 5.69 Å². The second-order valence-corrected chi connectivity index (χ2v) is 4.25. The number of para-hydroxylation sites is 1. The lowest BCUT2D eigenvalue weighted by Crippen LogP contribution is -2.24. The van der Waals surface area contributed by atoms with Crippen molar-refractivity contribution in [1.82, 2.24) is 14.5 Å². The molecule has 1 aliphatic heterocycles. The van der Waals surface area contributed by atoms with E-state index in [9.17, 15) is 4.79 Å². The highest BCUT2D eigenvalue weighted by Crippen LogP contribution is 2.27. The number of amides is 1. The van der Waals surface area contributed by atoms with Crippen LogP contribution in [0.2, 0.25) is 0 Å². The van der Waals surface area contributed by atoms with Crippen LogP contribution in [0.4, 0.5) is 0 Å². The number of imidazole rings is 1. The SMILES string of the molecule is COc1ncc2n1-c1ccccc1C(=O)N(C)C2. The summed E-state index contributed by atoms with van der Waals surface area (Å²) >= 11 is 0. The number of benzene rings is 1. The minimum absolute atomic E-state index is 0.0105. The van der Waals surface area contributed by atoms with Crippen molar-refractivity contribution in [2.75, 3.05) is 14.2 Å². The summed E-state index contributed by atoms with van der Waals surface area (Å²) in [4.78, 5) is 18.2. The zero-order valence-electron chi connectivity index (χ0n) is 10.3. The van der Waals surface area contributed by atoms with Crippen LogP contribution in [-0.4, -0.2) is 34.5 Å². The van der Waals surface area contributed by atoms with Crippen molar-refractivity contribution >= 4 is 5.91 Å². The Morgan fingerprint density at radius 1 is 1.33 bits per heavy atom. The number of nitrogens with zero attached hydrogens (tertiary/aromatic N) is 3. The topological polar surface area (TPSA) is 47.4 Å². The van der Waals surface area contributed by atoms with Crippen LogP contribution in [0.15, 0.2) is 30.5 Å². The van der Waals surface area contributed by atoms with Gasteiger partial charge >= 0.3 is 6.01 Å². The fourth-order valence-electron chi connectivity index (χ4n) is 2.25. The molecule has 0 spiro atoms. The Bertz CT molecular complexity index is 618. The number of ether oxygens (including phenoxy) is 1. The lowest BCUT2D eigenvalue weighted by atomic mass is 10.1. The first-order valence-corrected chi connectivity index (χ1v) is 5.68. The summed E-state index contributed by atoms with van der Waals surface area (Å²) in [6, 6.07) is 7.99. The Morgan fingerprint density at radius 3 is 2.89 bits per heavy atom. The lowest BCUT2D eigenvalue weighted by Gasteiger charge is -2.13. The molecule has 0 radical (unpaired) electrons. The molecule has 5 nitrogen and oxygen atoms in total. The summed E-state index contributed by atoms with van der Waals surface area (Å²) in [5.74, 6) is 0.0105. The standard InChI is InChI=1S/C13H13N3O2/c1-15-8-9-7-14-13(18-2)16(9)11-6-4-3-5-10(11)12(15)17/h3-7H,8H2,1-2H3. The van der Waals surface area contributed by atoms with Gasteiger partial charge in [0.1, 0.15) is 0 Å². The molecule has 0 saturated carbocycles. The Kier molecular flexibility index (Phi) is 2.33. The summed E-state index contributed by atoms with van der Waals surface area (Å²) in [5.41, 5.74) is 2.42. The average molecular weight is 243 g/mol. The molecule has 1 amide bonds. The van der Waals surface area contributed by atoms with Gasteiger partial charge in [-0.1, -0.05) is 12.1 Å². The fourth-order valence-corrected chi connectivity index (χ4v) is 2.25. The highest BCUT2D eigenvalue weighted by molar-refractivity contribution is 5.98. The molecule has 1 aromatic carbocycles. The van der Waals surface area contributed by atoms with Crippen molar-refractivity contribution < 1.29 is 9.53 Å². The molecule has 2 aromatic rings. The van der Waals surface area contributed by atoms with Gasteiger partial charge in [0.2, 0.25) is 0 Å². The Hall–Kier alpha value is -2.30. The molecule has 1 aromatic heterocycles. The van der Waals surface area contributed by atoms with Crippen molar-refractivity contribution in [2.45, 2.75) is 6.54 Å². The minimum Gasteiger partial charge on any atom is -0.468 e. The highest BCUT2D eigenvalue weighted by atomic mass is 16.5. The zero-order chi connectivity index (χ0) is 12.7. The van der Waals surface area contributed by atoms with E-state index in [1.165, 1.54) is 0 Å². The number of hydrogen-bond donors (Lipinski definition) is 0. The monoisotopic (exact) mass is 243 g/mol. The van der Waals surface area contributed by atoms with Gasteiger partial charge in [-0.3, -0.25) is 9.36 Å². The normalized spacial score (nSPS) is 13.9. The van der Waals surface area contributed by atoms with E-state index in [1.54, 1.807) is 25.3 Å². The molecule has 0 saturated heterocycles. The van der Waals surface area contributed by atoms with Crippen molar-refractivity contribution in [2.24, 2.45) is 0 Å². The predicted octanol–water partition coefficient (Wildman–Crippen LogP) is 1.47. The summed E-state index contributed by atoms with van der Waals surface area (Å²) in [6.45, 7) is 0.518. The van der Waals surface area contributed by atoms with E-state index in [-0.39, 0.29) is 5.91 Å². The molecule has 5 heteroatoms. The molecule has 0 aliphatic carbocycles. The first kappa shape index (κ1) is 10.8. The first-order valence-electron chi connectivity index (χ1n) is 5.68. The van der Waals surface area contributed by atoms with Gasteiger partial charge in [-0.25, -0.2) is 4.98 Å². The van der Waals surface area contributed by atoms with E-state index < -0.39 is 0 Å². The quantitative estimate of drug-likeness (QED) is 0.762. The minimum atomic E-state index is 0.0105. The van der Waals surface area contributed by atoms with Crippen molar-refractivity contribution in [3.63, 3.8) is 0 Å². The van der Waals surface area contributed by atoms with Gasteiger partial charge < -0.3 is 9.64 Å². The number of carbonyl (C=O) groups excluding carboxylic acids is 1. The van der Waals surface area contributed by atoms with Crippen molar-refractivity contribution in [3.05, 3.63) is 41.7 Å². The molecular formula is C13H13N3O2. The third-order valence-electron chi connectivity index (χ3n) is 3.11. The molecule has 0 bridgehead atoms. The third-order valence-corrected chi connectivity index (χ3v) is 3.11. The number of hydrogen-bond acceptors (Lipinski definition) is 3. The summed E-state index contributed by atoms with van der Waals surface area (Å²) in [6.07, 6.45) is 1.74. The van der Waals surface area contributed by atoms with Gasteiger partial charge in [0.05, 0.1) is 36.8 Å². The van der Waals surface area contributed by atoms with Gasteiger partial charge in [0, 0.05) is 7.05 Å². The predicted molar refractivity (Wildman–Crippen MR) is 65.9 cm³/mol. The Morgan fingerprint density at radius 2 is 2.11 bits per heavy atom. The second-order valence-electron chi connectivity index (χ2n) is 4.25. The zero-order valence-corrected chi connectivity index (χ0v) is 10.3. The maximum atomic E-state index is 12.3. The van der Waals surface area contributed by atoms with E-state index in [0.717, 1.165) is 11.4 Å². The average Bonchev–Trinajstić information content (AvgIpc) is 2.76. The van der Waals surface area contributed by atoms with Crippen LogP contribution in [-0.2, 0) is 6.54 Å². The molecule has 92 valence electrons. The number of rotatable bonds is 1. The largest absolute Gasteiger partial charge is 0.468 e. The van der Waals surface area contributed by atoms with Crippen LogP contribution in [0.1, 0.15) is 16.1 Å². The number of aromatic nitrogens is 2. The molecule has 0 N–H and O–H groups in total. The number of carbonyl (C=O) groups is 1. The fraction of sp³-hybridized carbons (Fsp3) is 0.231. The van der Waals surface area contributed by atoms with Crippen LogP contribution in [0, 0.1) is 0 Å². The van der Waals surface area contributed by atoms with E-state index >= 15 is 0 Å². The summed E-state index contributed by atoms with van der Waals surface area (Å²) < 4.78 is 7.14. The van der Waals surface area contributed by atoms with Crippen LogP contribution in [0.5, 0.6) is 6.01 Å². The molecule has 0 atom stereocenters. The Labute approximate surface area is 105 Å². The van der Waals surface area contributed by atoms with Gasteiger partial charge in [-0.15, -0.1) is 0 Å². The van der Waals surface area contributed by atoms with Gasteiger partial charge in [-0.05, 0) is 12.1 Å². The van der Waals surface area contributed by atoms with Crippen LogP contribution < -0.4 is 4.74 Å². The van der Waals surface area contributed by atoms with Gasteiger partial charge in [0.15, 0.2) is 0 Å². The van der Waals surface area contributed by atoms with Crippen LogP contribution in [0.3, 0.4) is 0 Å². The lowest BCUT2D eigenvalue weighted by molar-refractivity contribution is 0.0788. The number of methoxy groups -OCH3 is 1. The second kappa shape index (κ2) is 3.87. The smallest absolute Gasteiger partial charge is 0.301 e. The third kappa shape index (κ3) is 1.40. The summed E-state index contributed by atoms with van der Waals surface area (Å²) in [5, 5.41) is 0. The maximum Gasteiger partial charge on any atom is 0.301 e. The van der Waals surface area contributed by atoms with E-state index in [4.69, 9.17) is 4.74 Å². The van der Waals surface area contributed by atoms with Gasteiger partial charge in [-0.2, -0.15) is 0 Å². The van der Waals surface area contributed by atoms with E-state index in [1.807, 2.05) is 28.8 Å². The van der Waals surface area contributed by atoms with Gasteiger partial charge in [0.25, 0.3) is 5.91 Å². The van der Waals surface area contributed by atoms with Crippen LogP contribution >= 0.6 is 0 Å². The van der Waals surface area contributed by atoms with E-state index in [0.29, 0.717) is 18.1 Å². The summed E-state index contributed by atoms with van der Waals surface area (Å²) in [7, 11) is 3.36.